The number of carbonyl (C=O) groups excluding carboxylic acids is 2. The number of rotatable bonds is 7. The van der Waals surface area contributed by atoms with E-state index in [1.165, 1.54) is 12.3 Å². The molecule has 0 aromatic heterocycles. The fourth-order valence-corrected chi connectivity index (χ4v) is 4.15. The van der Waals surface area contributed by atoms with Crippen molar-refractivity contribution in [2.45, 2.75) is 31.2 Å². The third-order valence-electron chi connectivity index (χ3n) is 4.18. The SMILES string of the molecule is CN(/C=C\C(=O)NC=O)C1CC[C@@](N)(COP2OCCCO2)O1.Clc1cccc(Cl)c1. The molecule has 2 heterocycles. The predicted octanol–water partition coefficient (Wildman–Crippen LogP) is 3.17. The first-order valence-corrected chi connectivity index (χ1v) is 11.4. The molecule has 2 aliphatic rings. The van der Waals surface area contributed by atoms with Gasteiger partial charge in [-0.15, -0.1) is 0 Å². The highest BCUT2D eigenvalue weighted by Crippen LogP contribution is 2.43. The van der Waals surface area contributed by atoms with Crippen molar-refractivity contribution in [1.29, 1.82) is 0 Å². The first-order chi connectivity index (χ1) is 14.8. The molecule has 1 aromatic carbocycles. The molecule has 1 unspecified atom stereocenters. The summed E-state index contributed by atoms with van der Waals surface area (Å²) >= 11 is 11.1. The van der Waals surface area contributed by atoms with Crippen molar-refractivity contribution >= 4 is 44.1 Å². The monoisotopic (exact) mass is 493 g/mol. The number of amides is 2. The van der Waals surface area contributed by atoms with Crippen LogP contribution in [0.4, 0.5) is 0 Å². The van der Waals surface area contributed by atoms with Crippen molar-refractivity contribution in [2.24, 2.45) is 5.73 Å². The van der Waals surface area contributed by atoms with E-state index in [1.54, 1.807) is 30.1 Å². The summed E-state index contributed by atoms with van der Waals surface area (Å²) in [5.74, 6) is -0.499. The molecule has 0 saturated carbocycles. The molecule has 3 rings (SSSR count). The van der Waals surface area contributed by atoms with Crippen LogP contribution in [-0.4, -0.2) is 56.0 Å². The van der Waals surface area contributed by atoms with Gasteiger partial charge in [-0.3, -0.25) is 14.9 Å². The van der Waals surface area contributed by atoms with Crippen molar-refractivity contribution in [3.63, 3.8) is 0 Å². The molecule has 0 radical (unpaired) electrons. The van der Waals surface area contributed by atoms with Crippen LogP contribution >= 0.6 is 31.8 Å². The van der Waals surface area contributed by atoms with E-state index in [9.17, 15) is 9.59 Å². The highest BCUT2D eigenvalue weighted by Gasteiger charge is 2.39. The third-order valence-corrected chi connectivity index (χ3v) is 5.78. The van der Waals surface area contributed by atoms with Gasteiger partial charge in [0.15, 0.2) is 0 Å². The minimum atomic E-state index is -1.34. The van der Waals surface area contributed by atoms with E-state index in [2.05, 4.69) is 0 Å². The number of hydrogen-bond acceptors (Lipinski definition) is 8. The average molecular weight is 494 g/mol. The van der Waals surface area contributed by atoms with Gasteiger partial charge in [0.05, 0.1) is 19.8 Å². The molecule has 2 atom stereocenters. The zero-order chi connectivity index (χ0) is 22.7. The number of nitrogens with zero attached hydrogens (tertiary/aromatic N) is 1. The highest BCUT2D eigenvalue weighted by molar-refractivity contribution is 7.41. The van der Waals surface area contributed by atoms with Crippen LogP contribution in [0.15, 0.2) is 36.5 Å². The lowest BCUT2D eigenvalue weighted by molar-refractivity contribution is -0.121. The van der Waals surface area contributed by atoms with Gasteiger partial charge < -0.3 is 28.9 Å². The number of carbonyl (C=O) groups is 2. The molecular weight excluding hydrogens is 468 g/mol. The van der Waals surface area contributed by atoms with Gasteiger partial charge in [-0.1, -0.05) is 29.3 Å². The van der Waals surface area contributed by atoms with Gasteiger partial charge in [-0.25, -0.2) is 0 Å². The summed E-state index contributed by atoms with van der Waals surface area (Å²) in [7, 11) is 0.421. The van der Waals surface area contributed by atoms with Crippen molar-refractivity contribution < 1.29 is 27.9 Å². The molecule has 0 spiro atoms. The summed E-state index contributed by atoms with van der Waals surface area (Å²) in [4.78, 5) is 23.1. The number of nitrogens with two attached hydrogens (primary N) is 1. The highest BCUT2D eigenvalue weighted by atomic mass is 35.5. The molecular formula is C19H26Cl2N3O6P. The first-order valence-electron chi connectivity index (χ1n) is 9.52. The molecule has 1 aromatic rings. The molecule has 9 nitrogen and oxygen atoms in total. The van der Waals surface area contributed by atoms with E-state index in [0.717, 1.165) is 6.42 Å². The number of imide groups is 1. The Balaban J connectivity index is 0.000000357. The van der Waals surface area contributed by atoms with Crippen molar-refractivity contribution in [3.8, 4) is 0 Å². The first kappa shape index (κ1) is 26.0. The maximum atomic E-state index is 11.2. The van der Waals surface area contributed by atoms with Gasteiger partial charge in [0.25, 0.3) is 5.91 Å². The summed E-state index contributed by atoms with van der Waals surface area (Å²) in [6, 6.07) is 7.08. The second-order valence-electron chi connectivity index (χ2n) is 6.74. The fourth-order valence-electron chi connectivity index (χ4n) is 2.61. The van der Waals surface area contributed by atoms with E-state index in [4.69, 9.17) is 47.2 Å². The Morgan fingerprint density at radius 1 is 1.39 bits per heavy atom. The van der Waals surface area contributed by atoms with Crippen molar-refractivity contribution in [1.82, 2.24) is 10.2 Å². The van der Waals surface area contributed by atoms with Crippen LogP contribution in [0.25, 0.3) is 0 Å². The van der Waals surface area contributed by atoms with Crippen LogP contribution in [0, 0.1) is 0 Å². The van der Waals surface area contributed by atoms with Crippen LogP contribution in [-0.2, 0) is 27.9 Å². The summed E-state index contributed by atoms with van der Waals surface area (Å²) in [5.41, 5.74) is 5.27. The van der Waals surface area contributed by atoms with Crippen LogP contribution in [0.2, 0.25) is 10.0 Å². The smallest absolute Gasteiger partial charge is 0.332 e. The molecule has 2 amide bonds. The zero-order valence-electron chi connectivity index (χ0n) is 17.0. The molecule has 2 fully saturated rings. The molecule has 2 aliphatic heterocycles. The largest absolute Gasteiger partial charge is 0.355 e. The number of benzene rings is 1. The Hall–Kier alpha value is -1.29. The lowest BCUT2D eigenvalue weighted by Crippen LogP contribution is -2.45. The van der Waals surface area contributed by atoms with Crippen molar-refractivity contribution in [2.75, 3.05) is 26.9 Å². The maximum absolute atomic E-state index is 11.2. The normalized spacial score (nSPS) is 23.8. The standard InChI is InChI=1S/C13H22N3O6P.C6H4Cl2/c1-16(6-4-11(18)15-10-17)12-3-5-13(14,22-12)9-21-23-19-7-2-8-20-23;7-5-2-1-3-6(8)4-5/h4,6,10,12H,2-3,5,7-9,14H2,1H3,(H,15,17,18);1-4H/b6-4-;/t12?,13-;/m0./s1. The second-order valence-corrected chi connectivity index (χ2v) is 8.84. The number of nitrogens with one attached hydrogen (secondary N) is 1. The zero-order valence-corrected chi connectivity index (χ0v) is 19.4. The third kappa shape index (κ3) is 9.80. The van der Waals surface area contributed by atoms with E-state index in [0.29, 0.717) is 42.5 Å². The Labute approximate surface area is 192 Å². The van der Waals surface area contributed by atoms with Gasteiger partial charge in [0.1, 0.15) is 12.0 Å². The lowest BCUT2D eigenvalue weighted by atomic mass is 10.1. The Bertz CT molecular complexity index is 736. The molecule has 0 bridgehead atoms. The van der Waals surface area contributed by atoms with E-state index in [1.807, 2.05) is 11.4 Å². The topological polar surface area (TPSA) is 112 Å². The predicted molar refractivity (Wildman–Crippen MR) is 118 cm³/mol. The van der Waals surface area contributed by atoms with Gasteiger partial charge in [0.2, 0.25) is 6.41 Å². The van der Waals surface area contributed by atoms with Crippen LogP contribution in [0.1, 0.15) is 19.3 Å². The maximum Gasteiger partial charge on any atom is 0.332 e. The number of halogens is 2. The van der Waals surface area contributed by atoms with Crippen LogP contribution < -0.4 is 11.1 Å². The van der Waals surface area contributed by atoms with Crippen LogP contribution in [0.3, 0.4) is 0 Å². The summed E-state index contributed by atoms with van der Waals surface area (Å²) in [6.07, 6.45) is 5.01. The number of ether oxygens (including phenoxy) is 1. The van der Waals surface area contributed by atoms with E-state index in [-0.39, 0.29) is 12.8 Å². The summed E-state index contributed by atoms with van der Waals surface area (Å²) < 4.78 is 22.1. The van der Waals surface area contributed by atoms with Gasteiger partial charge in [0, 0.05) is 29.4 Å². The summed E-state index contributed by atoms with van der Waals surface area (Å²) in [6.45, 7) is 1.44. The second kappa shape index (κ2) is 13.3. The van der Waals surface area contributed by atoms with Crippen LogP contribution in [0.5, 0.6) is 0 Å². The molecule has 12 heteroatoms. The fraction of sp³-hybridized carbons (Fsp3) is 0.474. The lowest BCUT2D eigenvalue weighted by Gasteiger charge is -2.29. The number of hydrogen-bond donors (Lipinski definition) is 2. The Morgan fingerprint density at radius 3 is 2.65 bits per heavy atom. The van der Waals surface area contributed by atoms with Gasteiger partial charge >= 0.3 is 8.60 Å². The van der Waals surface area contributed by atoms with Gasteiger partial charge in [-0.05, 0) is 37.5 Å². The van der Waals surface area contributed by atoms with E-state index >= 15 is 0 Å². The van der Waals surface area contributed by atoms with E-state index < -0.39 is 20.2 Å². The Kier molecular flexibility index (Phi) is 11.1. The van der Waals surface area contributed by atoms with Gasteiger partial charge in [-0.2, -0.15) is 0 Å². The summed E-state index contributed by atoms with van der Waals surface area (Å²) in [5, 5.41) is 3.38. The minimum absolute atomic E-state index is 0.179. The average Bonchev–Trinajstić information content (AvgIpc) is 3.14. The minimum Gasteiger partial charge on any atom is -0.355 e. The quantitative estimate of drug-likeness (QED) is 0.338. The van der Waals surface area contributed by atoms with Crippen molar-refractivity contribution in [3.05, 3.63) is 46.6 Å². The molecule has 31 heavy (non-hydrogen) atoms. The molecule has 3 N–H and O–H groups in total. The molecule has 172 valence electrons. The molecule has 2 saturated heterocycles. The molecule has 0 aliphatic carbocycles. The Morgan fingerprint density at radius 2 is 2.06 bits per heavy atom.